The molecular formula is C17H19ClN4O. The Hall–Kier alpha value is -2.11. The lowest BCUT2D eigenvalue weighted by molar-refractivity contribution is 0.0920. The summed E-state index contributed by atoms with van der Waals surface area (Å²) in [5, 5.41) is 3.70. The number of hydrogen-bond acceptors (Lipinski definition) is 4. The third-order valence-electron chi connectivity index (χ3n) is 3.93. The number of carbonyl (C=O) groups is 1. The van der Waals surface area contributed by atoms with Crippen LogP contribution in [0, 0.1) is 0 Å². The van der Waals surface area contributed by atoms with Crippen molar-refractivity contribution in [3.8, 4) is 0 Å². The van der Waals surface area contributed by atoms with Gasteiger partial charge in [0.05, 0.1) is 12.2 Å². The van der Waals surface area contributed by atoms with Crippen molar-refractivity contribution in [1.82, 2.24) is 15.2 Å². The van der Waals surface area contributed by atoms with Crippen molar-refractivity contribution < 1.29 is 4.79 Å². The van der Waals surface area contributed by atoms with Gasteiger partial charge in [0.2, 0.25) is 0 Å². The maximum atomic E-state index is 12.0. The van der Waals surface area contributed by atoms with Crippen LogP contribution in [0.2, 0.25) is 5.02 Å². The van der Waals surface area contributed by atoms with Crippen molar-refractivity contribution in [3.05, 3.63) is 59.4 Å². The Kier molecular flexibility index (Phi) is 5.10. The second kappa shape index (κ2) is 7.44. The highest BCUT2D eigenvalue weighted by atomic mass is 35.5. The zero-order chi connectivity index (χ0) is 16.1. The summed E-state index contributed by atoms with van der Waals surface area (Å²) >= 11 is 6.05. The average Bonchev–Trinajstić information content (AvgIpc) is 2.61. The number of anilines is 1. The van der Waals surface area contributed by atoms with Gasteiger partial charge in [0.1, 0.15) is 0 Å². The lowest BCUT2D eigenvalue weighted by atomic mass is 10.2. The van der Waals surface area contributed by atoms with Crippen LogP contribution in [-0.4, -0.2) is 48.6 Å². The lowest BCUT2D eigenvalue weighted by Crippen LogP contribution is -2.50. The van der Waals surface area contributed by atoms with Crippen molar-refractivity contribution in [2.75, 3.05) is 37.7 Å². The van der Waals surface area contributed by atoms with Gasteiger partial charge in [0, 0.05) is 49.3 Å². The summed E-state index contributed by atoms with van der Waals surface area (Å²) in [5.41, 5.74) is 1.74. The van der Waals surface area contributed by atoms with Gasteiger partial charge in [-0.25, -0.2) is 0 Å². The third-order valence-corrected chi connectivity index (χ3v) is 4.17. The van der Waals surface area contributed by atoms with Crippen LogP contribution in [0.15, 0.2) is 48.8 Å². The van der Waals surface area contributed by atoms with E-state index >= 15 is 0 Å². The highest BCUT2D eigenvalue weighted by Gasteiger charge is 2.17. The molecule has 2 aromatic rings. The van der Waals surface area contributed by atoms with E-state index in [1.54, 1.807) is 24.5 Å². The van der Waals surface area contributed by atoms with E-state index in [9.17, 15) is 4.79 Å². The van der Waals surface area contributed by atoms with E-state index in [-0.39, 0.29) is 5.91 Å². The van der Waals surface area contributed by atoms with Crippen LogP contribution in [-0.2, 0) is 0 Å². The van der Waals surface area contributed by atoms with Crippen LogP contribution in [0.5, 0.6) is 0 Å². The molecule has 0 aliphatic carbocycles. The Morgan fingerprint density at radius 3 is 2.70 bits per heavy atom. The molecule has 2 heterocycles. The zero-order valence-corrected chi connectivity index (χ0v) is 13.5. The van der Waals surface area contributed by atoms with E-state index in [4.69, 9.17) is 11.6 Å². The SMILES string of the molecule is O=C(NCN1CCN(c2cccc(Cl)c2)CC1)c1cccnc1. The maximum Gasteiger partial charge on any atom is 0.253 e. The number of carbonyl (C=O) groups excluding carboxylic acids is 1. The molecule has 120 valence electrons. The molecule has 0 unspecified atom stereocenters. The Bertz CT molecular complexity index is 657. The first-order chi connectivity index (χ1) is 11.2. The smallest absolute Gasteiger partial charge is 0.253 e. The number of amides is 1. The van der Waals surface area contributed by atoms with E-state index in [1.807, 2.05) is 18.2 Å². The maximum absolute atomic E-state index is 12.0. The highest BCUT2D eigenvalue weighted by Crippen LogP contribution is 2.20. The molecule has 1 aromatic heterocycles. The van der Waals surface area contributed by atoms with Crippen LogP contribution in [0.4, 0.5) is 5.69 Å². The van der Waals surface area contributed by atoms with Crippen LogP contribution in [0.25, 0.3) is 0 Å². The number of aromatic nitrogens is 1. The fourth-order valence-corrected chi connectivity index (χ4v) is 2.80. The molecule has 0 atom stereocenters. The predicted molar refractivity (Wildman–Crippen MR) is 91.8 cm³/mol. The molecule has 0 bridgehead atoms. The summed E-state index contributed by atoms with van der Waals surface area (Å²) in [6.07, 6.45) is 3.23. The van der Waals surface area contributed by atoms with Crippen molar-refractivity contribution >= 4 is 23.2 Å². The minimum atomic E-state index is -0.0876. The van der Waals surface area contributed by atoms with Crippen LogP contribution in [0.1, 0.15) is 10.4 Å². The van der Waals surface area contributed by atoms with Crippen molar-refractivity contribution in [1.29, 1.82) is 0 Å². The number of nitrogens with one attached hydrogen (secondary N) is 1. The first kappa shape index (κ1) is 15.8. The van der Waals surface area contributed by atoms with Crippen LogP contribution in [0.3, 0.4) is 0 Å². The molecule has 6 heteroatoms. The van der Waals surface area contributed by atoms with Crippen LogP contribution >= 0.6 is 11.6 Å². The fourth-order valence-electron chi connectivity index (χ4n) is 2.62. The number of rotatable bonds is 4. The predicted octanol–water partition coefficient (Wildman–Crippen LogP) is 2.24. The van der Waals surface area contributed by atoms with Gasteiger partial charge in [-0.1, -0.05) is 17.7 Å². The normalized spacial score (nSPS) is 15.4. The summed E-state index contributed by atoms with van der Waals surface area (Å²) < 4.78 is 0. The summed E-state index contributed by atoms with van der Waals surface area (Å²) in [6.45, 7) is 4.20. The van der Waals surface area contributed by atoms with Gasteiger partial charge in [-0.15, -0.1) is 0 Å². The topological polar surface area (TPSA) is 48.5 Å². The van der Waals surface area contributed by atoms with E-state index in [2.05, 4.69) is 26.2 Å². The number of pyridine rings is 1. The number of hydrogen-bond donors (Lipinski definition) is 1. The number of piperazine rings is 1. The Morgan fingerprint density at radius 2 is 2.00 bits per heavy atom. The molecule has 1 aromatic carbocycles. The molecule has 1 aliphatic rings. The zero-order valence-electron chi connectivity index (χ0n) is 12.8. The van der Waals surface area contributed by atoms with E-state index in [1.165, 1.54) is 0 Å². The molecule has 1 amide bonds. The van der Waals surface area contributed by atoms with E-state index in [0.29, 0.717) is 12.2 Å². The van der Waals surface area contributed by atoms with Crippen molar-refractivity contribution in [2.45, 2.75) is 0 Å². The molecule has 0 radical (unpaired) electrons. The highest BCUT2D eigenvalue weighted by molar-refractivity contribution is 6.30. The molecule has 23 heavy (non-hydrogen) atoms. The molecule has 0 spiro atoms. The molecule has 5 nitrogen and oxygen atoms in total. The molecule has 3 rings (SSSR count). The monoisotopic (exact) mass is 330 g/mol. The summed E-state index contributed by atoms with van der Waals surface area (Å²) in [5.74, 6) is -0.0876. The molecule has 1 saturated heterocycles. The standard InChI is InChI=1S/C17H19ClN4O/c18-15-4-1-5-16(11-15)22-9-7-21(8-10-22)13-20-17(23)14-3-2-6-19-12-14/h1-6,11-12H,7-10,13H2,(H,20,23). The average molecular weight is 331 g/mol. The van der Waals surface area contributed by atoms with Gasteiger partial charge in [-0.05, 0) is 30.3 Å². The van der Waals surface area contributed by atoms with Crippen molar-refractivity contribution in [2.24, 2.45) is 0 Å². The molecule has 0 saturated carbocycles. The summed E-state index contributed by atoms with van der Waals surface area (Å²) in [7, 11) is 0. The number of benzene rings is 1. The van der Waals surface area contributed by atoms with Gasteiger partial charge in [0.25, 0.3) is 5.91 Å². The third kappa shape index (κ3) is 4.21. The number of halogens is 1. The number of nitrogens with zero attached hydrogens (tertiary/aromatic N) is 3. The van der Waals surface area contributed by atoms with Gasteiger partial charge >= 0.3 is 0 Å². The second-order valence-corrected chi connectivity index (χ2v) is 5.93. The van der Waals surface area contributed by atoms with Crippen molar-refractivity contribution in [3.63, 3.8) is 0 Å². The summed E-state index contributed by atoms with van der Waals surface area (Å²) in [6, 6.07) is 11.4. The Labute approximate surface area is 140 Å². The first-order valence-corrected chi connectivity index (χ1v) is 8.01. The lowest BCUT2D eigenvalue weighted by Gasteiger charge is -2.36. The quantitative estimate of drug-likeness (QED) is 0.934. The second-order valence-electron chi connectivity index (χ2n) is 5.49. The Balaban J connectivity index is 1.47. The van der Waals surface area contributed by atoms with Gasteiger partial charge in [-0.3, -0.25) is 14.7 Å². The van der Waals surface area contributed by atoms with Gasteiger partial charge in [0.15, 0.2) is 0 Å². The molecule has 1 N–H and O–H groups in total. The first-order valence-electron chi connectivity index (χ1n) is 7.63. The largest absolute Gasteiger partial charge is 0.369 e. The molecule has 1 aliphatic heterocycles. The fraction of sp³-hybridized carbons (Fsp3) is 0.294. The van der Waals surface area contributed by atoms with E-state index < -0.39 is 0 Å². The molecule has 1 fully saturated rings. The van der Waals surface area contributed by atoms with E-state index in [0.717, 1.165) is 36.9 Å². The molecular weight excluding hydrogens is 312 g/mol. The minimum Gasteiger partial charge on any atom is -0.369 e. The van der Waals surface area contributed by atoms with Gasteiger partial charge in [-0.2, -0.15) is 0 Å². The van der Waals surface area contributed by atoms with Gasteiger partial charge < -0.3 is 10.2 Å². The summed E-state index contributed by atoms with van der Waals surface area (Å²) in [4.78, 5) is 20.5. The Morgan fingerprint density at radius 1 is 1.17 bits per heavy atom. The van der Waals surface area contributed by atoms with Crippen LogP contribution < -0.4 is 10.2 Å². The minimum absolute atomic E-state index is 0.0876.